The first-order chi connectivity index (χ1) is 42.2. The van der Waals surface area contributed by atoms with Gasteiger partial charge in [-0.25, -0.2) is 9.80 Å². The quantitative estimate of drug-likeness (QED) is 0.0750. The summed E-state index contributed by atoms with van der Waals surface area (Å²) in [6.07, 6.45) is 0. The van der Waals surface area contributed by atoms with E-state index in [-0.39, 0.29) is 10.8 Å². The number of rotatable bonds is 3. The third-order valence-corrected chi connectivity index (χ3v) is 20.2. The van der Waals surface area contributed by atoms with Gasteiger partial charge in [-0.2, -0.15) is 5.06 Å². The van der Waals surface area contributed by atoms with Crippen molar-refractivity contribution in [2.45, 2.75) is 182 Å². The summed E-state index contributed by atoms with van der Waals surface area (Å²) < 4.78 is 0. The summed E-state index contributed by atoms with van der Waals surface area (Å²) in [4.78, 5) is 72.6. The van der Waals surface area contributed by atoms with E-state index in [2.05, 4.69) is 165 Å². The first-order valence-electron chi connectivity index (χ1n) is 31.8. The average Bonchev–Trinajstić information content (AvgIpc) is 1.58. The van der Waals surface area contributed by atoms with Crippen LogP contribution in [0, 0.1) is 23.7 Å². The first kappa shape index (κ1) is 61.4. The molecule has 0 unspecified atom stereocenters. The molecule has 9 aromatic rings. The largest absolute Gasteiger partial charge is 0.301 e. The van der Waals surface area contributed by atoms with Gasteiger partial charge < -0.3 is 4.84 Å². The number of amides is 4. The lowest BCUT2D eigenvalue weighted by Crippen LogP contribution is -2.44. The van der Waals surface area contributed by atoms with Gasteiger partial charge in [0.25, 0.3) is 23.6 Å². The molecule has 461 valence electrons. The molecule has 0 bridgehead atoms. The SMILES string of the molecule is CON1C(C)(C)c2ccc(C#Cc3cc4c5c(ccc6c7c(C#Cc8ccc9c(c8)C(C)(C)N([O])C9(C)C)cc8c9c(ccc(c3c56)c97)C(=O)N(c3cc(C(C)(C)C)ccc3C(C)(C)C)C8=O)C(=O)N(c3cc(C(C)(C)C)ccc3C(C)(C)C)C4=O)cc2C1(C)C. The normalized spacial score (nSPS) is 17.7. The monoisotopic (exact) mass is 1210 g/mol. The van der Waals surface area contributed by atoms with Crippen molar-refractivity contribution in [2.75, 3.05) is 16.9 Å². The Morgan fingerprint density at radius 1 is 0.363 bits per heavy atom. The van der Waals surface area contributed by atoms with E-state index >= 15 is 19.2 Å². The number of hydroxylamine groups is 4. The highest BCUT2D eigenvalue weighted by Crippen LogP contribution is 2.54. The Balaban J connectivity index is 1.15. The first-order valence-corrected chi connectivity index (χ1v) is 31.8. The van der Waals surface area contributed by atoms with Gasteiger partial charge in [0.1, 0.15) is 0 Å². The smallest absolute Gasteiger partial charge is 0.266 e. The molecule has 4 aliphatic heterocycles. The Bertz CT molecular complexity index is 4920. The molecule has 4 heterocycles. The van der Waals surface area contributed by atoms with E-state index in [0.717, 1.165) is 55.1 Å². The van der Waals surface area contributed by atoms with Crippen LogP contribution in [0.15, 0.2) is 109 Å². The molecule has 13 rings (SSSR count). The average molecular weight is 1210 g/mol. The standard InChI is InChI=1S/C81H81N4O6/c1-74(2,3)48-28-36-58(76(7,8)9)62(42-48)82-70(86)52-33-31-51-65-47(27-23-45-25-35-57-61(39-45)81(19,20)85(91-21)80(57,17)18)41-55-67-53(71(87)83(73(55)89)63-43-49(75(4,5)6)29-37-59(63)77(10,11)12)32-30-50(69(65)67)64-46(40-54(72(82)88)66(52)68(51)64)26-22-44-24-34-56-60(38-44)79(15,16)84(90)78(56,13)14/h24-25,28-43H,1-21H3. The van der Waals surface area contributed by atoms with Gasteiger partial charge in [-0.05, 0) is 193 Å². The number of fused-ring (bicyclic) bond motifs is 4. The minimum atomic E-state index is -0.840. The highest BCUT2D eigenvalue weighted by Gasteiger charge is 2.52. The number of hydrogen-bond donors (Lipinski definition) is 0. The van der Waals surface area contributed by atoms with E-state index in [9.17, 15) is 5.21 Å². The molecule has 0 aliphatic carbocycles. The number of imide groups is 2. The lowest BCUT2D eigenvalue weighted by Gasteiger charge is -2.38. The van der Waals surface area contributed by atoms with Crippen LogP contribution in [0.5, 0.6) is 0 Å². The molecule has 10 nitrogen and oxygen atoms in total. The van der Waals surface area contributed by atoms with Crippen LogP contribution in [0.1, 0.15) is 247 Å². The van der Waals surface area contributed by atoms with Gasteiger partial charge in [0.15, 0.2) is 0 Å². The second kappa shape index (κ2) is 19.5. The lowest BCUT2D eigenvalue weighted by molar-refractivity contribution is -0.266. The van der Waals surface area contributed by atoms with Crippen LogP contribution in [0.4, 0.5) is 11.4 Å². The second-order valence-electron chi connectivity index (χ2n) is 31.9. The van der Waals surface area contributed by atoms with Crippen molar-refractivity contribution < 1.29 is 29.2 Å². The molecular weight excluding hydrogens is 1120 g/mol. The summed E-state index contributed by atoms with van der Waals surface area (Å²) in [5.41, 5.74) is 8.43. The molecule has 0 saturated carbocycles. The zero-order valence-corrected chi connectivity index (χ0v) is 56.6. The molecule has 4 aliphatic rings. The van der Waals surface area contributed by atoms with Crippen molar-refractivity contribution in [3.8, 4) is 23.7 Å². The van der Waals surface area contributed by atoms with Gasteiger partial charge in [0.05, 0.1) is 51.8 Å². The van der Waals surface area contributed by atoms with Crippen LogP contribution < -0.4 is 9.80 Å². The zero-order valence-electron chi connectivity index (χ0n) is 56.6. The molecule has 10 heteroatoms. The van der Waals surface area contributed by atoms with Crippen molar-refractivity contribution in [3.05, 3.63) is 198 Å². The van der Waals surface area contributed by atoms with Gasteiger partial charge in [0, 0.05) is 65.7 Å². The molecule has 91 heavy (non-hydrogen) atoms. The minimum Gasteiger partial charge on any atom is -0.301 e. The van der Waals surface area contributed by atoms with E-state index in [0.29, 0.717) is 93.4 Å². The van der Waals surface area contributed by atoms with Crippen molar-refractivity contribution in [1.29, 1.82) is 0 Å². The molecule has 9 aromatic carbocycles. The molecule has 0 N–H and O–H groups in total. The van der Waals surface area contributed by atoms with Crippen LogP contribution in [0.3, 0.4) is 0 Å². The number of benzene rings is 9. The van der Waals surface area contributed by atoms with E-state index in [1.165, 1.54) is 9.80 Å². The van der Waals surface area contributed by atoms with Gasteiger partial charge in [0.2, 0.25) is 0 Å². The van der Waals surface area contributed by atoms with Crippen molar-refractivity contribution in [2.24, 2.45) is 0 Å². The minimum absolute atomic E-state index is 0.305. The van der Waals surface area contributed by atoms with Gasteiger partial charge in [-0.15, -0.1) is 10.3 Å². The number of hydrogen-bond acceptors (Lipinski definition) is 7. The third-order valence-electron chi connectivity index (χ3n) is 20.2. The highest BCUT2D eigenvalue weighted by molar-refractivity contribution is 6.46. The fraction of sp³-hybridized carbons (Fsp3) is 0.358. The van der Waals surface area contributed by atoms with E-state index in [4.69, 9.17) is 4.84 Å². The fourth-order valence-electron chi connectivity index (χ4n) is 15.6. The Morgan fingerprint density at radius 3 is 1.11 bits per heavy atom. The molecule has 4 amide bonds. The summed E-state index contributed by atoms with van der Waals surface area (Å²) in [7, 11) is 1.70. The predicted octanol–water partition coefficient (Wildman–Crippen LogP) is 17.8. The molecular formula is C81H81N4O6. The molecule has 0 aromatic heterocycles. The maximum Gasteiger partial charge on any atom is 0.266 e. The van der Waals surface area contributed by atoms with Crippen molar-refractivity contribution in [3.63, 3.8) is 0 Å². The summed E-state index contributed by atoms with van der Waals surface area (Å²) in [6.45, 7) is 41.6. The molecule has 0 fully saturated rings. The van der Waals surface area contributed by atoms with Crippen LogP contribution >= 0.6 is 0 Å². The summed E-state index contributed by atoms with van der Waals surface area (Å²) in [5, 5.41) is 22.0. The predicted molar refractivity (Wildman–Crippen MR) is 366 cm³/mol. The summed E-state index contributed by atoms with van der Waals surface area (Å²) >= 11 is 0. The van der Waals surface area contributed by atoms with Crippen molar-refractivity contribution in [1.82, 2.24) is 10.1 Å². The van der Waals surface area contributed by atoms with Crippen LogP contribution in [-0.4, -0.2) is 40.9 Å². The number of anilines is 2. The lowest BCUT2D eigenvalue weighted by atomic mass is 9.78. The van der Waals surface area contributed by atoms with E-state index < -0.39 is 56.6 Å². The summed E-state index contributed by atoms with van der Waals surface area (Å²) in [6, 6.07) is 35.7. The Kier molecular flexibility index (Phi) is 13.2. The topological polar surface area (TPSA) is 110 Å². The maximum absolute atomic E-state index is 16.1. The zero-order chi connectivity index (χ0) is 65.9. The van der Waals surface area contributed by atoms with Gasteiger partial charge >= 0.3 is 0 Å². The Morgan fingerprint density at radius 2 is 0.725 bits per heavy atom. The number of carbonyl (C=O) groups excluding carboxylic acids is 4. The number of carbonyl (C=O) groups is 4. The Labute approximate surface area is 535 Å². The number of nitrogens with zero attached hydrogens (tertiary/aromatic N) is 4. The molecule has 0 saturated heterocycles. The molecule has 0 spiro atoms. The second-order valence-corrected chi connectivity index (χ2v) is 31.9. The third kappa shape index (κ3) is 8.84. The molecule has 0 atom stereocenters. The van der Waals surface area contributed by atoms with E-state index in [1.807, 2.05) is 112 Å². The van der Waals surface area contributed by atoms with Gasteiger partial charge in [-0.3, -0.25) is 19.2 Å². The van der Waals surface area contributed by atoms with E-state index in [1.54, 1.807) is 7.11 Å². The van der Waals surface area contributed by atoms with Crippen LogP contribution in [0.2, 0.25) is 0 Å². The van der Waals surface area contributed by atoms with Crippen molar-refractivity contribution >= 4 is 78.1 Å². The highest BCUT2D eigenvalue weighted by atomic mass is 16.7. The van der Waals surface area contributed by atoms with Crippen LogP contribution in [0.25, 0.3) is 43.1 Å². The van der Waals surface area contributed by atoms with Gasteiger partial charge in [-0.1, -0.05) is 155 Å². The van der Waals surface area contributed by atoms with Crippen LogP contribution in [-0.2, 0) is 53.9 Å². The molecule has 1 radical (unpaired) electrons. The Hall–Kier alpha value is -8.48. The maximum atomic E-state index is 16.1. The fourth-order valence-corrected chi connectivity index (χ4v) is 15.6. The summed E-state index contributed by atoms with van der Waals surface area (Å²) in [5.74, 6) is 12.4.